The highest BCUT2D eigenvalue weighted by Gasteiger charge is 2.18. The van der Waals surface area contributed by atoms with Crippen LogP contribution < -0.4 is 5.32 Å². The van der Waals surface area contributed by atoms with Gasteiger partial charge < -0.3 is 10.4 Å². The molecule has 0 aliphatic heterocycles. The summed E-state index contributed by atoms with van der Waals surface area (Å²) in [6.07, 6.45) is 7.03. The van der Waals surface area contributed by atoms with Crippen LogP contribution in [-0.2, 0) is 13.0 Å². The maximum atomic E-state index is 9.58. The molecule has 1 unspecified atom stereocenters. The number of benzene rings is 1. The molecule has 4 rings (SSSR count). The van der Waals surface area contributed by atoms with Gasteiger partial charge in [0.1, 0.15) is 5.65 Å². The molecule has 2 N–H and O–H groups in total. The zero-order chi connectivity index (χ0) is 22.5. The minimum atomic E-state index is -0.0169. The average molecular weight is 430 g/mol. The summed E-state index contributed by atoms with van der Waals surface area (Å²) in [7, 11) is 0. The van der Waals surface area contributed by atoms with Gasteiger partial charge >= 0.3 is 0 Å². The normalized spacial score (nSPS) is 12.2. The first-order valence-corrected chi connectivity index (χ1v) is 11.4. The van der Waals surface area contributed by atoms with Crippen molar-refractivity contribution in [2.45, 2.75) is 46.6 Å². The number of pyridine rings is 1. The molecule has 0 saturated carbocycles. The van der Waals surface area contributed by atoms with Crippen molar-refractivity contribution in [3.8, 4) is 22.6 Å². The average Bonchev–Trinajstić information content (AvgIpc) is 3.22. The van der Waals surface area contributed by atoms with Gasteiger partial charge in [0.2, 0.25) is 5.95 Å². The van der Waals surface area contributed by atoms with Crippen molar-refractivity contribution in [3.63, 3.8) is 0 Å². The molecule has 0 spiro atoms. The van der Waals surface area contributed by atoms with Gasteiger partial charge in [-0.3, -0.25) is 4.40 Å². The van der Waals surface area contributed by atoms with Crippen molar-refractivity contribution in [1.82, 2.24) is 19.4 Å². The Kier molecular flexibility index (Phi) is 6.81. The first kappa shape index (κ1) is 22.0. The largest absolute Gasteiger partial charge is 0.392 e. The fraction of sp³-hybridized carbons (Fsp3) is 0.346. The van der Waals surface area contributed by atoms with E-state index in [1.165, 1.54) is 5.56 Å². The molecule has 0 aliphatic rings. The Morgan fingerprint density at radius 1 is 1.03 bits per heavy atom. The van der Waals surface area contributed by atoms with E-state index in [1.54, 1.807) is 6.20 Å². The molecule has 1 aromatic carbocycles. The van der Waals surface area contributed by atoms with Crippen molar-refractivity contribution in [2.75, 3.05) is 11.9 Å². The van der Waals surface area contributed by atoms with E-state index in [9.17, 15) is 5.11 Å². The van der Waals surface area contributed by atoms with Gasteiger partial charge in [0.05, 0.1) is 23.7 Å². The molecule has 0 saturated heterocycles. The number of aryl methyl sites for hydroxylation is 1. The Balaban J connectivity index is 1.81. The van der Waals surface area contributed by atoms with Gasteiger partial charge in [-0.05, 0) is 41.7 Å². The maximum absolute atomic E-state index is 9.58. The summed E-state index contributed by atoms with van der Waals surface area (Å²) in [4.78, 5) is 14.2. The maximum Gasteiger partial charge on any atom is 0.223 e. The minimum absolute atomic E-state index is 0.0169. The van der Waals surface area contributed by atoms with Crippen LogP contribution in [0, 0.1) is 5.92 Å². The van der Waals surface area contributed by atoms with Gasteiger partial charge in [-0.15, -0.1) is 0 Å². The molecular weight excluding hydrogens is 398 g/mol. The number of hydrogen-bond donors (Lipinski definition) is 2. The molecule has 0 bridgehead atoms. The van der Waals surface area contributed by atoms with E-state index >= 15 is 0 Å². The highest BCUT2D eigenvalue weighted by atomic mass is 16.3. The summed E-state index contributed by atoms with van der Waals surface area (Å²) in [5, 5.41) is 12.9. The first-order chi connectivity index (χ1) is 15.6. The number of anilines is 1. The lowest BCUT2D eigenvalue weighted by molar-refractivity contribution is 0.282. The summed E-state index contributed by atoms with van der Waals surface area (Å²) in [5.41, 5.74) is 6.58. The molecule has 0 amide bonds. The highest BCUT2D eigenvalue weighted by molar-refractivity contribution is 5.81. The van der Waals surface area contributed by atoms with Gasteiger partial charge in [0.15, 0.2) is 0 Å². The molecular formula is C26H31N5O. The molecule has 1 atom stereocenters. The Morgan fingerprint density at radius 2 is 1.84 bits per heavy atom. The minimum Gasteiger partial charge on any atom is -0.392 e. The molecule has 0 aliphatic carbocycles. The van der Waals surface area contributed by atoms with Crippen molar-refractivity contribution in [3.05, 3.63) is 66.0 Å². The zero-order valence-corrected chi connectivity index (χ0v) is 19.0. The lowest BCUT2D eigenvalue weighted by atomic mass is 10.0. The molecule has 6 heteroatoms. The van der Waals surface area contributed by atoms with Crippen molar-refractivity contribution < 1.29 is 5.11 Å². The fourth-order valence-electron chi connectivity index (χ4n) is 3.73. The number of aromatic nitrogens is 4. The molecule has 32 heavy (non-hydrogen) atoms. The fourth-order valence-corrected chi connectivity index (χ4v) is 3.73. The Labute approximate surface area is 189 Å². The second kappa shape index (κ2) is 9.92. The van der Waals surface area contributed by atoms with Gasteiger partial charge in [0, 0.05) is 24.5 Å². The van der Waals surface area contributed by atoms with E-state index in [0.717, 1.165) is 59.7 Å². The SMILES string of the molecule is CCCc1ccc(-c2nc3cc(CO)ccn3c2-c2ccnc(NCC(C)CC)n2)cc1. The molecule has 6 nitrogen and oxygen atoms in total. The predicted molar refractivity (Wildman–Crippen MR) is 130 cm³/mol. The van der Waals surface area contributed by atoms with Crippen molar-refractivity contribution >= 4 is 11.6 Å². The second-order valence-corrected chi connectivity index (χ2v) is 8.34. The predicted octanol–water partition coefficient (Wildman–Crippen LogP) is 5.36. The van der Waals surface area contributed by atoms with Crippen LogP contribution in [0.5, 0.6) is 0 Å². The van der Waals surface area contributed by atoms with Crippen LogP contribution in [0.15, 0.2) is 54.9 Å². The van der Waals surface area contributed by atoms with Crippen LogP contribution >= 0.6 is 0 Å². The third kappa shape index (κ3) is 4.65. The van der Waals surface area contributed by atoms with Crippen LogP contribution in [-0.4, -0.2) is 31.0 Å². The second-order valence-electron chi connectivity index (χ2n) is 8.34. The number of hydrogen-bond acceptors (Lipinski definition) is 5. The summed E-state index contributed by atoms with van der Waals surface area (Å²) in [5.74, 6) is 1.17. The summed E-state index contributed by atoms with van der Waals surface area (Å²) in [6.45, 7) is 7.39. The number of rotatable bonds is 9. The third-order valence-corrected chi connectivity index (χ3v) is 5.84. The molecule has 4 aromatic rings. The lowest BCUT2D eigenvalue weighted by Gasteiger charge is -2.11. The first-order valence-electron chi connectivity index (χ1n) is 11.4. The Hall–Kier alpha value is -3.25. The number of aliphatic hydroxyl groups excluding tert-OH is 1. The Bertz CT molecular complexity index is 1180. The van der Waals surface area contributed by atoms with Crippen LogP contribution in [0.4, 0.5) is 5.95 Å². The number of imidazole rings is 1. The van der Waals surface area contributed by atoms with E-state index in [1.807, 2.05) is 28.8 Å². The number of fused-ring (bicyclic) bond motifs is 1. The van der Waals surface area contributed by atoms with Crippen LogP contribution in [0.3, 0.4) is 0 Å². The van der Waals surface area contributed by atoms with Crippen LogP contribution in [0.25, 0.3) is 28.3 Å². The van der Waals surface area contributed by atoms with Crippen LogP contribution in [0.2, 0.25) is 0 Å². The monoisotopic (exact) mass is 429 g/mol. The van der Waals surface area contributed by atoms with E-state index < -0.39 is 0 Å². The summed E-state index contributed by atoms with van der Waals surface area (Å²) in [6, 6.07) is 14.4. The van der Waals surface area contributed by atoms with Gasteiger partial charge in [0.25, 0.3) is 0 Å². The summed E-state index contributed by atoms with van der Waals surface area (Å²) >= 11 is 0. The molecule has 0 fully saturated rings. The molecule has 3 heterocycles. The third-order valence-electron chi connectivity index (χ3n) is 5.84. The van der Waals surface area contributed by atoms with Crippen molar-refractivity contribution in [1.29, 1.82) is 0 Å². The van der Waals surface area contributed by atoms with E-state index in [4.69, 9.17) is 9.97 Å². The lowest BCUT2D eigenvalue weighted by Crippen LogP contribution is -2.12. The van der Waals surface area contributed by atoms with Crippen LogP contribution in [0.1, 0.15) is 44.7 Å². The zero-order valence-electron chi connectivity index (χ0n) is 19.0. The number of nitrogens with zero attached hydrogens (tertiary/aromatic N) is 4. The van der Waals surface area contributed by atoms with Crippen molar-refractivity contribution in [2.24, 2.45) is 5.92 Å². The number of aliphatic hydroxyl groups is 1. The molecule has 166 valence electrons. The van der Waals surface area contributed by atoms with Gasteiger partial charge in [-0.25, -0.2) is 15.0 Å². The van der Waals surface area contributed by atoms with E-state index in [-0.39, 0.29) is 6.61 Å². The van der Waals surface area contributed by atoms with Gasteiger partial charge in [-0.2, -0.15) is 0 Å². The standard InChI is InChI=1S/C26H31N5O/c1-4-6-19-7-9-21(10-8-19)24-25(31-14-12-20(17-32)15-23(31)30-24)22-11-13-27-26(29-22)28-16-18(3)5-2/h7-15,18,32H,4-6,16-17H2,1-3H3,(H,27,28,29). The van der Waals surface area contributed by atoms with Gasteiger partial charge in [-0.1, -0.05) is 57.9 Å². The molecule has 3 aromatic heterocycles. The summed E-state index contributed by atoms with van der Waals surface area (Å²) < 4.78 is 2.04. The smallest absolute Gasteiger partial charge is 0.223 e. The number of nitrogens with one attached hydrogen (secondary N) is 1. The quantitative estimate of drug-likeness (QED) is 0.375. The highest BCUT2D eigenvalue weighted by Crippen LogP contribution is 2.32. The van der Waals surface area contributed by atoms with E-state index in [0.29, 0.717) is 11.9 Å². The molecule has 0 radical (unpaired) electrons. The van der Waals surface area contributed by atoms with E-state index in [2.05, 4.69) is 55.3 Å². The topological polar surface area (TPSA) is 75.3 Å². The Morgan fingerprint density at radius 3 is 2.56 bits per heavy atom.